The number of sulfone groups is 1. The lowest BCUT2D eigenvalue weighted by Gasteiger charge is -2.11. The minimum atomic E-state index is -2.87. The van der Waals surface area contributed by atoms with Crippen LogP contribution in [-0.2, 0) is 22.8 Å². The van der Waals surface area contributed by atoms with Crippen LogP contribution in [0, 0.1) is 0 Å². The number of imidazole rings is 1. The lowest BCUT2D eigenvalue weighted by molar-refractivity contribution is 0.564. The molecule has 0 aliphatic carbocycles. The van der Waals surface area contributed by atoms with E-state index in [1.54, 1.807) is 13.1 Å². The third-order valence-corrected chi connectivity index (χ3v) is 4.86. The lowest BCUT2D eigenvalue weighted by Crippen LogP contribution is -2.23. The van der Waals surface area contributed by atoms with Crippen molar-refractivity contribution in [3.63, 3.8) is 0 Å². The van der Waals surface area contributed by atoms with Crippen LogP contribution in [0.1, 0.15) is 32.5 Å². The minimum absolute atomic E-state index is 0.116. The molecule has 5 nitrogen and oxygen atoms in total. The van der Waals surface area contributed by atoms with Crippen LogP contribution in [0.5, 0.6) is 0 Å². The van der Waals surface area contributed by atoms with E-state index in [9.17, 15) is 8.42 Å². The Hall–Kier alpha value is -0.880. The SMILES string of the molecule is CCC(N)Cc1nccn1CCCS(=O)(=O)CC. The van der Waals surface area contributed by atoms with Crippen molar-refractivity contribution >= 4 is 9.84 Å². The van der Waals surface area contributed by atoms with Gasteiger partial charge in [0.15, 0.2) is 0 Å². The van der Waals surface area contributed by atoms with Crippen LogP contribution in [0.3, 0.4) is 0 Å². The van der Waals surface area contributed by atoms with E-state index < -0.39 is 9.84 Å². The maximum absolute atomic E-state index is 11.4. The van der Waals surface area contributed by atoms with Gasteiger partial charge in [0.2, 0.25) is 0 Å². The van der Waals surface area contributed by atoms with E-state index in [1.165, 1.54) is 0 Å². The van der Waals surface area contributed by atoms with Crippen molar-refractivity contribution in [1.82, 2.24) is 9.55 Å². The van der Waals surface area contributed by atoms with Gasteiger partial charge in [0, 0.05) is 37.2 Å². The molecule has 18 heavy (non-hydrogen) atoms. The normalized spacial score (nSPS) is 13.7. The number of aromatic nitrogens is 2. The van der Waals surface area contributed by atoms with Gasteiger partial charge in [-0.25, -0.2) is 13.4 Å². The molecule has 0 aliphatic heterocycles. The van der Waals surface area contributed by atoms with Crippen LogP contribution in [0.25, 0.3) is 0 Å². The molecule has 0 bridgehead atoms. The van der Waals surface area contributed by atoms with Gasteiger partial charge >= 0.3 is 0 Å². The van der Waals surface area contributed by atoms with E-state index >= 15 is 0 Å². The molecule has 0 aliphatic rings. The van der Waals surface area contributed by atoms with Crippen molar-refractivity contribution in [2.75, 3.05) is 11.5 Å². The predicted molar refractivity (Wildman–Crippen MR) is 73.1 cm³/mol. The van der Waals surface area contributed by atoms with Gasteiger partial charge in [-0.1, -0.05) is 13.8 Å². The maximum atomic E-state index is 11.4. The molecule has 0 spiro atoms. The molecule has 1 heterocycles. The van der Waals surface area contributed by atoms with Gasteiger partial charge in [-0.15, -0.1) is 0 Å². The van der Waals surface area contributed by atoms with Crippen LogP contribution < -0.4 is 5.73 Å². The van der Waals surface area contributed by atoms with Gasteiger partial charge < -0.3 is 10.3 Å². The van der Waals surface area contributed by atoms with Gasteiger partial charge in [0.05, 0.1) is 5.75 Å². The summed E-state index contributed by atoms with van der Waals surface area (Å²) in [7, 11) is -2.87. The smallest absolute Gasteiger partial charge is 0.150 e. The Morgan fingerprint density at radius 3 is 2.78 bits per heavy atom. The van der Waals surface area contributed by atoms with Crippen molar-refractivity contribution in [3.8, 4) is 0 Å². The first-order valence-corrected chi connectivity index (χ1v) is 8.26. The highest BCUT2D eigenvalue weighted by molar-refractivity contribution is 7.91. The summed E-state index contributed by atoms with van der Waals surface area (Å²) in [4.78, 5) is 4.27. The van der Waals surface area contributed by atoms with E-state index in [0.29, 0.717) is 13.0 Å². The Labute approximate surface area is 109 Å². The molecule has 1 aromatic heterocycles. The number of nitrogens with zero attached hydrogens (tertiary/aromatic N) is 2. The third kappa shape index (κ3) is 4.78. The summed E-state index contributed by atoms with van der Waals surface area (Å²) >= 11 is 0. The first-order chi connectivity index (χ1) is 8.48. The molecule has 2 N–H and O–H groups in total. The molecule has 0 saturated heterocycles. The Bertz CT molecular complexity index is 454. The van der Waals surface area contributed by atoms with Crippen LogP contribution >= 0.6 is 0 Å². The van der Waals surface area contributed by atoms with Gasteiger partial charge in [-0.2, -0.15) is 0 Å². The molecule has 104 valence electrons. The molecule has 0 saturated carbocycles. The average molecular weight is 273 g/mol. The standard InChI is InChI=1S/C12H23N3O2S/c1-3-11(13)10-12-14-6-8-15(12)7-5-9-18(16,17)4-2/h6,8,11H,3-5,7,9-10,13H2,1-2H3. The molecule has 1 aromatic rings. The molecular weight excluding hydrogens is 250 g/mol. The van der Waals surface area contributed by atoms with Crippen LogP contribution in [0.2, 0.25) is 0 Å². The maximum Gasteiger partial charge on any atom is 0.150 e. The largest absolute Gasteiger partial charge is 0.335 e. The summed E-state index contributed by atoms with van der Waals surface area (Å²) in [5.41, 5.74) is 5.90. The summed E-state index contributed by atoms with van der Waals surface area (Å²) in [6.45, 7) is 4.41. The Morgan fingerprint density at radius 1 is 1.44 bits per heavy atom. The molecule has 0 aromatic carbocycles. The quantitative estimate of drug-likeness (QED) is 0.766. The zero-order chi connectivity index (χ0) is 13.6. The van der Waals surface area contributed by atoms with Crippen molar-refractivity contribution in [2.45, 2.75) is 45.7 Å². The molecular formula is C12H23N3O2S. The number of rotatable bonds is 8. The molecule has 1 unspecified atom stereocenters. The minimum Gasteiger partial charge on any atom is -0.335 e. The number of nitrogens with two attached hydrogens (primary N) is 1. The van der Waals surface area contributed by atoms with E-state index in [1.807, 2.05) is 17.7 Å². The van der Waals surface area contributed by atoms with Gasteiger partial charge in [-0.3, -0.25) is 0 Å². The Balaban J connectivity index is 2.50. The highest BCUT2D eigenvalue weighted by atomic mass is 32.2. The summed E-state index contributed by atoms with van der Waals surface area (Å²) < 4.78 is 24.8. The molecule has 1 atom stereocenters. The van der Waals surface area contributed by atoms with E-state index in [-0.39, 0.29) is 17.5 Å². The van der Waals surface area contributed by atoms with Crippen molar-refractivity contribution in [2.24, 2.45) is 5.73 Å². The fourth-order valence-electron chi connectivity index (χ4n) is 1.71. The summed E-state index contributed by atoms with van der Waals surface area (Å²) in [5, 5.41) is 0. The molecule has 0 radical (unpaired) electrons. The third-order valence-electron chi connectivity index (χ3n) is 3.07. The summed E-state index contributed by atoms with van der Waals surface area (Å²) in [5.74, 6) is 1.39. The van der Waals surface area contributed by atoms with Crippen LogP contribution in [0.15, 0.2) is 12.4 Å². The summed E-state index contributed by atoms with van der Waals surface area (Å²) in [6, 6.07) is 0.116. The van der Waals surface area contributed by atoms with Crippen LogP contribution in [-0.4, -0.2) is 35.5 Å². The van der Waals surface area contributed by atoms with E-state index in [2.05, 4.69) is 4.98 Å². The first-order valence-electron chi connectivity index (χ1n) is 6.44. The average Bonchev–Trinajstić information content (AvgIpc) is 2.76. The molecule has 1 rings (SSSR count). The second kappa shape index (κ2) is 6.89. The lowest BCUT2D eigenvalue weighted by atomic mass is 10.1. The molecule has 6 heteroatoms. The predicted octanol–water partition coefficient (Wildman–Crippen LogP) is 0.988. The van der Waals surface area contributed by atoms with E-state index in [4.69, 9.17) is 5.73 Å². The van der Waals surface area contributed by atoms with Crippen molar-refractivity contribution in [1.29, 1.82) is 0 Å². The van der Waals surface area contributed by atoms with Gasteiger partial charge in [0.1, 0.15) is 15.7 Å². The molecule has 0 fully saturated rings. The van der Waals surface area contributed by atoms with Crippen molar-refractivity contribution in [3.05, 3.63) is 18.2 Å². The molecule has 0 amide bonds. The zero-order valence-corrected chi connectivity index (χ0v) is 12.0. The van der Waals surface area contributed by atoms with Gasteiger partial charge in [-0.05, 0) is 12.8 Å². The Kier molecular flexibility index (Phi) is 5.81. The topological polar surface area (TPSA) is 78.0 Å². The monoisotopic (exact) mass is 273 g/mol. The fourth-order valence-corrected chi connectivity index (χ4v) is 2.57. The van der Waals surface area contributed by atoms with Gasteiger partial charge in [0.25, 0.3) is 0 Å². The number of hydrogen-bond acceptors (Lipinski definition) is 4. The second-order valence-corrected chi connectivity index (χ2v) is 6.97. The number of hydrogen-bond donors (Lipinski definition) is 1. The van der Waals surface area contributed by atoms with Crippen molar-refractivity contribution < 1.29 is 8.42 Å². The highest BCUT2D eigenvalue weighted by Crippen LogP contribution is 2.05. The first kappa shape index (κ1) is 15.2. The highest BCUT2D eigenvalue weighted by Gasteiger charge is 2.10. The summed E-state index contributed by atoms with van der Waals surface area (Å²) in [6.07, 6.45) is 5.91. The Morgan fingerprint density at radius 2 is 2.17 bits per heavy atom. The second-order valence-electron chi connectivity index (χ2n) is 4.50. The zero-order valence-electron chi connectivity index (χ0n) is 11.2. The number of aryl methyl sites for hydroxylation is 1. The fraction of sp³-hybridized carbons (Fsp3) is 0.750. The van der Waals surface area contributed by atoms with E-state index in [0.717, 1.165) is 18.7 Å². The van der Waals surface area contributed by atoms with Crippen LogP contribution in [0.4, 0.5) is 0 Å².